The fourth-order valence-corrected chi connectivity index (χ4v) is 2.28. The van der Waals surface area contributed by atoms with E-state index in [0.29, 0.717) is 6.61 Å². The van der Waals surface area contributed by atoms with Crippen LogP contribution in [0.25, 0.3) is 0 Å². The second-order valence-corrected chi connectivity index (χ2v) is 5.14. The first-order chi connectivity index (χ1) is 8.13. The highest BCUT2D eigenvalue weighted by Crippen LogP contribution is 2.17. The second kappa shape index (κ2) is 7.67. The maximum Gasteiger partial charge on any atom is 0.248 e. The van der Waals surface area contributed by atoms with Crippen LogP contribution in [0.15, 0.2) is 0 Å². The van der Waals surface area contributed by atoms with Gasteiger partial charge >= 0.3 is 0 Å². The number of likely N-dealkylation sites (tertiary alicyclic amines) is 1. The minimum Gasteiger partial charge on any atom is -0.372 e. The molecule has 0 radical (unpaired) electrons. The molecule has 1 saturated heterocycles. The summed E-state index contributed by atoms with van der Waals surface area (Å²) < 4.78 is 5.29. The highest BCUT2D eigenvalue weighted by molar-refractivity contribution is 5.77. The van der Waals surface area contributed by atoms with E-state index in [1.807, 2.05) is 4.90 Å². The number of carbonyl (C=O) groups is 1. The third-order valence-corrected chi connectivity index (χ3v) is 3.16. The fourth-order valence-electron chi connectivity index (χ4n) is 2.28. The van der Waals surface area contributed by atoms with Crippen LogP contribution in [-0.2, 0) is 9.53 Å². The molecule has 100 valence electrons. The van der Waals surface area contributed by atoms with E-state index in [9.17, 15) is 4.79 Å². The molecule has 1 aliphatic heterocycles. The van der Waals surface area contributed by atoms with E-state index in [2.05, 4.69) is 25.9 Å². The Morgan fingerprint density at radius 3 is 2.53 bits per heavy atom. The second-order valence-electron chi connectivity index (χ2n) is 5.14. The number of hydrogen-bond acceptors (Lipinski definition) is 3. The van der Waals surface area contributed by atoms with Crippen molar-refractivity contribution in [3.63, 3.8) is 0 Å². The summed E-state index contributed by atoms with van der Waals surface area (Å²) in [6, 6.07) is 0. The van der Waals surface area contributed by atoms with Crippen LogP contribution in [0.2, 0.25) is 0 Å². The van der Waals surface area contributed by atoms with E-state index in [4.69, 9.17) is 4.74 Å². The first-order valence-corrected chi connectivity index (χ1v) is 6.63. The van der Waals surface area contributed by atoms with Gasteiger partial charge in [-0.15, -0.1) is 0 Å². The molecule has 1 rings (SSSR count). The molecule has 1 fully saturated rings. The summed E-state index contributed by atoms with van der Waals surface area (Å²) in [4.78, 5) is 16.0. The Hall–Kier alpha value is -0.610. The van der Waals surface area contributed by atoms with Gasteiger partial charge in [0.25, 0.3) is 0 Å². The van der Waals surface area contributed by atoms with Crippen molar-refractivity contribution in [3.05, 3.63) is 0 Å². The van der Waals surface area contributed by atoms with Crippen molar-refractivity contribution < 1.29 is 9.53 Å². The van der Waals surface area contributed by atoms with E-state index >= 15 is 0 Å². The molecule has 17 heavy (non-hydrogen) atoms. The number of amides is 1. The van der Waals surface area contributed by atoms with Gasteiger partial charge < -0.3 is 14.5 Å². The van der Waals surface area contributed by atoms with Gasteiger partial charge in [0, 0.05) is 26.2 Å². The van der Waals surface area contributed by atoms with Crippen LogP contribution in [0, 0.1) is 5.92 Å². The van der Waals surface area contributed by atoms with E-state index in [1.54, 1.807) is 0 Å². The van der Waals surface area contributed by atoms with Crippen molar-refractivity contribution in [2.75, 3.05) is 46.9 Å². The smallest absolute Gasteiger partial charge is 0.248 e. The third kappa shape index (κ3) is 5.50. The van der Waals surface area contributed by atoms with Gasteiger partial charge in [-0.3, -0.25) is 4.79 Å². The molecule has 0 atom stereocenters. The van der Waals surface area contributed by atoms with Crippen LogP contribution in [0.1, 0.15) is 26.2 Å². The molecule has 1 amide bonds. The number of rotatable bonds is 6. The molecule has 4 heteroatoms. The van der Waals surface area contributed by atoms with Crippen LogP contribution < -0.4 is 0 Å². The van der Waals surface area contributed by atoms with Crippen molar-refractivity contribution in [3.8, 4) is 0 Å². The zero-order valence-corrected chi connectivity index (χ0v) is 11.4. The summed E-state index contributed by atoms with van der Waals surface area (Å²) >= 11 is 0. The first-order valence-electron chi connectivity index (χ1n) is 6.63. The van der Waals surface area contributed by atoms with Crippen LogP contribution in [-0.4, -0.2) is 62.7 Å². The zero-order valence-electron chi connectivity index (χ0n) is 11.4. The Kier molecular flexibility index (Phi) is 6.52. The molecule has 0 aromatic rings. The van der Waals surface area contributed by atoms with Crippen molar-refractivity contribution in [2.24, 2.45) is 5.92 Å². The lowest BCUT2D eigenvalue weighted by molar-refractivity contribution is -0.137. The summed E-state index contributed by atoms with van der Waals surface area (Å²) in [5.41, 5.74) is 0. The first kappa shape index (κ1) is 14.5. The highest BCUT2D eigenvalue weighted by Gasteiger charge is 2.22. The van der Waals surface area contributed by atoms with Crippen LogP contribution in [0.5, 0.6) is 0 Å². The molecule has 1 aliphatic rings. The molecule has 0 aromatic heterocycles. The Bertz CT molecular complexity index is 223. The van der Waals surface area contributed by atoms with Crippen molar-refractivity contribution in [1.82, 2.24) is 9.80 Å². The highest BCUT2D eigenvalue weighted by atomic mass is 16.5. The van der Waals surface area contributed by atoms with Gasteiger partial charge in [-0.25, -0.2) is 0 Å². The molecular formula is C13H26N2O2. The predicted molar refractivity (Wildman–Crippen MR) is 69.0 cm³/mol. The molecular weight excluding hydrogens is 216 g/mol. The average Bonchev–Trinajstić information content (AvgIpc) is 2.29. The molecule has 0 bridgehead atoms. The molecule has 0 unspecified atom stereocenters. The molecule has 0 spiro atoms. The van der Waals surface area contributed by atoms with E-state index in [1.165, 1.54) is 0 Å². The Morgan fingerprint density at radius 2 is 2.00 bits per heavy atom. The number of ether oxygens (including phenoxy) is 1. The van der Waals surface area contributed by atoms with Gasteiger partial charge in [-0.05, 0) is 39.3 Å². The SMILES string of the molecule is CCCOCC(=O)N1CCC(CN(C)C)CC1. The molecule has 0 saturated carbocycles. The van der Waals surface area contributed by atoms with Crippen molar-refractivity contribution in [2.45, 2.75) is 26.2 Å². The van der Waals surface area contributed by atoms with Gasteiger partial charge in [0.15, 0.2) is 0 Å². The van der Waals surface area contributed by atoms with Crippen LogP contribution in [0.4, 0.5) is 0 Å². The van der Waals surface area contributed by atoms with Gasteiger partial charge in [0.05, 0.1) is 0 Å². The largest absolute Gasteiger partial charge is 0.372 e. The normalized spacial score (nSPS) is 17.8. The predicted octanol–water partition coefficient (Wildman–Crippen LogP) is 1.21. The Morgan fingerprint density at radius 1 is 1.35 bits per heavy atom. The lowest BCUT2D eigenvalue weighted by atomic mass is 9.96. The summed E-state index contributed by atoms with van der Waals surface area (Å²) in [6.45, 7) is 5.92. The van der Waals surface area contributed by atoms with E-state index < -0.39 is 0 Å². The number of piperidine rings is 1. The number of hydrogen-bond donors (Lipinski definition) is 0. The lowest BCUT2D eigenvalue weighted by Gasteiger charge is -2.33. The third-order valence-electron chi connectivity index (χ3n) is 3.16. The van der Waals surface area contributed by atoms with Gasteiger partial charge in [-0.1, -0.05) is 6.92 Å². The molecule has 1 heterocycles. The topological polar surface area (TPSA) is 32.8 Å². The Labute approximate surface area is 105 Å². The zero-order chi connectivity index (χ0) is 12.7. The number of nitrogens with zero attached hydrogens (tertiary/aromatic N) is 2. The Balaban J connectivity index is 2.19. The number of carbonyl (C=O) groups excluding carboxylic acids is 1. The summed E-state index contributed by atoms with van der Waals surface area (Å²) in [5.74, 6) is 0.896. The summed E-state index contributed by atoms with van der Waals surface area (Å²) in [7, 11) is 4.21. The van der Waals surface area contributed by atoms with Crippen molar-refractivity contribution >= 4 is 5.91 Å². The minimum absolute atomic E-state index is 0.154. The van der Waals surface area contributed by atoms with Gasteiger partial charge in [0.2, 0.25) is 5.91 Å². The minimum atomic E-state index is 0.154. The van der Waals surface area contributed by atoms with Crippen LogP contribution >= 0.6 is 0 Å². The average molecular weight is 242 g/mol. The monoisotopic (exact) mass is 242 g/mol. The van der Waals surface area contributed by atoms with Gasteiger partial charge in [0.1, 0.15) is 6.61 Å². The van der Waals surface area contributed by atoms with Gasteiger partial charge in [-0.2, -0.15) is 0 Å². The van der Waals surface area contributed by atoms with Crippen LogP contribution in [0.3, 0.4) is 0 Å². The lowest BCUT2D eigenvalue weighted by Crippen LogP contribution is -2.42. The molecule has 0 N–H and O–H groups in total. The maximum absolute atomic E-state index is 11.8. The molecule has 0 aliphatic carbocycles. The maximum atomic E-state index is 11.8. The van der Waals surface area contributed by atoms with E-state index in [-0.39, 0.29) is 12.5 Å². The van der Waals surface area contributed by atoms with Crippen molar-refractivity contribution in [1.29, 1.82) is 0 Å². The summed E-state index contributed by atoms with van der Waals surface area (Å²) in [6.07, 6.45) is 3.22. The standard InChI is InChI=1S/C13H26N2O2/c1-4-9-17-11-13(16)15-7-5-12(6-8-15)10-14(2)3/h12H,4-11H2,1-3H3. The summed E-state index contributed by atoms with van der Waals surface area (Å²) in [5, 5.41) is 0. The van der Waals surface area contributed by atoms with E-state index in [0.717, 1.165) is 44.8 Å². The quantitative estimate of drug-likeness (QED) is 0.656. The molecule has 4 nitrogen and oxygen atoms in total. The molecule has 0 aromatic carbocycles. The fraction of sp³-hybridized carbons (Fsp3) is 0.923.